The SMILES string of the molecule is COc1cc(OC)c(NC(=O)c2cc(Cl)ccc2OC)cc1Cl. The van der Waals surface area contributed by atoms with E-state index < -0.39 is 5.91 Å². The van der Waals surface area contributed by atoms with Gasteiger partial charge in [-0.15, -0.1) is 0 Å². The Morgan fingerprint density at radius 2 is 1.57 bits per heavy atom. The molecule has 0 fully saturated rings. The van der Waals surface area contributed by atoms with Gasteiger partial charge in [0.05, 0.1) is 37.6 Å². The zero-order chi connectivity index (χ0) is 17.0. The van der Waals surface area contributed by atoms with Crippen molar-refractivity contribution in [3.8, 4) is 17.2 Å². The second-order valence-electron chi connectivity index (χ2n) is 4.49. The summed E-state index contributed by atoms with van der Waals surface area (Å²) in [5.41, 5.74) is 0.708. The van der Waals surface area contributed by atoms with Gasteiger partial charge in [0.1, 0.15) is 17.2 Å². The minimum Gasteiger partial charge on any atom is -0.496 e. The van der Waals surface area contributed by atoms with Gasteiger partial charge >= 0.3 is 0 Å². The number of amides is 1. The maximum Gasteiger partial charge on any atom is 0.259 e. The summed E-state index contributed by atoms with van der Waals surface area (Å²) in [5, 5.41) is 3.50. The van der Waals surface area contributed by atoms with Gasteiger partial charge in [-0.1, -0.05) is 23.2 Å². The third-order valence-corrected chi connectivity index (χ3v) is 3.66. The van der Waals surface area contributed by atoms with E-state index >= 15 is 0 Å². The quantitative estimate of drug-likeness (QED) is 0.869. The van der Waals surface area contributed by atoms with Crippen molar-refractivity contribution in [1.29, 1.82) is 0 Å². The Bertz CT molecular complexity index is 734. The lowest BCUT2D eigenvalue weighted by Crippen LogP contribution is -2.14. The monoisotopic (exact) mass is 355 g/mol. The van der Waals surface area contributed by atoms with E-state index in [0.29, 0.717) is 38.5 Å². The molecular weight excluding hydrogens is 341 g/mol. The largest absolute Gasteiger partial charge is 0.496 e. The molecular formula is C16H15Cl2NO4. The van der Waals surface area contributed by atoms with E-state index in [-0.39, 0.29) is 0 Å². The number of hydrogen-bond donors (Lipinski definition) is 1. The molecule has 0 unspecified atom stereocenters. The van der Waals surface area contributed by atoms with Crippen LogP contribution in [-0.4, -0.2) is 27.2 Å². The van der Waals surface area contributed by atoms with Crippen LogP contribution in [0.4, 0.5) is 5.69 Å². The zero-order valence-electron chi connectivity index (χ0n) is 12.8. The fourth-order valence-corrected chi connectivity index (χ4v) is 2.42. The lowest BCUT2D eigenvalue weighted by atomic mass is 10.1. The number of carbonyl (C=O) groups excluding carboxylic acids is 1. The third kappa shape index (κ3) is 3.81. The average molecular weight is 356 g/mol. The van der Waals surface area contributed by atoms with Crippen LogP contribution in [0.2, 0.25) is 10.0 Å². The highest BCUT2D eigenvalue weighted by Crippen LogP contribution is 2.36. The summed E-state index contributed by atoms with van der Waals surface area (Å²) in [6, 6.07) is 7.92. The Labute approximate surface area is 144 Å². The van der Waals surface area contributed by atoms with E-state index in [1.54, 1.807) is 24.3 Å². The zero-order valence-corrected chi connectivity index (χ0v) is 14.3. The van der Waals surface area contributed by atoms with Gasteiger partial charge in [-0.3, -0.25) is 4.79 Å². The maximum atomic E-state index is 12.5. The number of ether oxygens (including phenoxy) is 3. The van der Waals surface area contributed by atoms with Gasteiger partial charge in [-0.25, -0.2) is 0 Å². The van der Waals surface area contributed by atoms with Crippen LogP contribution < -0.4 is 19.5 Å². The van der Waals surface area contributed by atoms with Gasteiger partial charge in [0.15, 0.2) is 0 Å². The number of methoxy groups -OCH3 is 3. The normalized spacial score (nSPS) is 10.1. The molecule has 122 valence electrons. The molecule has 23 heavy (non-hydrogen) atoms. The van der Waals surface area contributed by atoms with Crippen molar-refractivity contribution < 1.29 is 19.0 Å². The summed E-state index contributed by atoms with van der Waals surface area (Å²) in [6.45, 7) is 0. The highest BCUT2D eigenvalue weighted by molar-refractivity contribution is 6.32. The van der Waals surface area contributed by atoms with Crippen molar-refractivity contribution in [1.82, 2.24) is 0 Å². The molecule has 2 aromatic carbocycles. The number of carbonyl (C=O) groups is 1. The van der Waals surface area contributed by atoms with Gasteiger partial charge in [-0.2, -0.15) is 0 Å². The molecule has 0 atom stereocenters. The molecule has 0 heterocycles. The number of halogens is 2. The molecule has 0 aliphatic carbocycles. The molecule has 0 spiro atoms. The van der Waals surface area contributed by atoms with Crippen LogP contribution in [0, 0.1) is 0 Å². The van der Waals surface area contributed by atoms with Crippen molar-refractivity contribution in [2.45, 2.75) is 0 Å². The number of nitrogens with one attached hydrogen (secondary N) is 1. The van der Waals surface area contributed by atoms with Gasteiger partial charge in [0, 0.05) is 11.1 Å². The number of anilines is 1. The molecule has 0 aliphatic rings. The van der Waals surface area contributed by atoms with Crippen molar-refractivity contribution in [2.24, 2.45) is 0 Å². The predicted octanol–water partition coefficient (Wildman–Crippen LogP) is 4.27. The average Bonchev–Trinajstić information content (AvgIpc) is 2.55. The van der Waals surface area contributed by atoms with Crippen LogP contribution in [0.5, 0.6) is 17.2 Å². The molecule has 0 radical (unpaired) electrons. The second-order valence-corrected chi connectivity index (χ2v) is 5.33. The molecule has 0 bridgehead atoms. The van der Waals surface area contributed by atoms with Crippen LogP contribution in [0.1, 0.15) is 10.4 Å². The minimum absolute atomic E-state index is 0.300. The summed E-state index contributed by atoms with van der Waals surface area (Å²) in [5.74, 6) is 0.872. The van der Waals surface area contributed by atoms with E-state index in [0.717, 1.165) is 0 Å². The van der Waals surface area contributed by atoms with Gasteiger partial charge in [-0.05, 0) is 24.3 Å². The van der Waals surface area contributed by atoms with Crippen molar-refractivity contribution in [3.63, 3.8) is 0 Å². The summed E-state index contributed by atoms with van der Waals surface area (Å²) in [4.78, 5) is 12.5. The van der Waals surface area contributed by atoms with E-state index in [4.69, 9.17) is 37.4 Å². The molecule has 5 nitrogen and oxygen atoms in total. The van der Waals surface area contributed by atoms with Gasteiger partial charge in [0.25, 0.3) is 5.91 Å². The molecule has 0 aliphatic heterocycles. The Balaban J connectivity index is 2.37. The van der Waals surface area contributed by atoms with Gasteiger partial charge in [0.2, 0.25) is 0 Å². The predicted molar refractivity (Wildman–Crippen MR) is 90.5 cm³/mol. The Morgan fingerprint density at radius 1 is 0.913 bits per heavy atom. The standard InChI is InChI=1S/C16H15Cl2NO4/c1-21-13-5-4-9(17)6-10(13)16(20)19-12-7-11(18)14(22-2)8-15(12)23-3/h4-8H,1-3H3,(H,19,20). The number of rotatable bonds is 5. The smallest absolute Gasteiger partial charge is 0.259 e. The topological polar surface area (TPSA) is 56.8 Å². The van der Waals surface area contributed by atoms with Crippen LogP contribution >= 0.6 is 23.2 Å². The van der Waals surface area contributed by atoms with Gasteiger partial charge < -0.3 is 19.5 Å². The first kappa shape index (κ1) is 17.2. The van der Waals surface area contributed by atoms with Crippen molar-refractivity contribution in [3.05, 3.63) is 45.9 Å². The van der Waals surface area contributed by atoms with E-state index in [1.807, 2.05) is 0 Å². The maximum absolute atomic E-state index is 12.5. The van der Waals surface area contributed by atoms with Crippen molar-refractivity contribution >= 4 is 34.8 Å². The highest BCUT2D eigenvalue weighted by atomic mass is 35.5. The molecule has 0 aromatic heterocycles. The number of hydrogen-bond acceptors (Lipinski definition) is 4. The first-order valence-electron chi connectivity index (χ1n) is 6.56. The summed E-state index contributed by atoms with van der Waals surface area (Å²) < 4.78 is 15.6. The molecule has 1 amide bonds. The first-order valence-corrected chi connectivity index (χ1v) is 7.32. The first-order chi connectivity index (χ1) is 11.0. The van der Waals surface area contributed by atoms with E-state index in [2.05, 4.69) is 5.32 Å². The minimum atomic E-state index is -0.399. The van der Waals surface area contributed by atoms with E-state index in [1.165, 1.54) is 27.4 Å². The molecule has 0 saturated carbocycles. The Morgan fingerprint density at radius 3 is 2.17 bits per heavy atom. The Kier molecular flexibility index (Phi) is 5.58. The summed E-state index contributed by atoms with van der Waals surface area (Å²) in [6.07, 6.45) is 0. The highest BCUT2D eigenvalue weighted by Gasteiger charge is 2.17. The number of benzene rings is 2. The molecule has 0 saturated heterocycles. The lowest BCUT2D eigenvalue weighted by molar-refractivity contribution is 0.102. The molecule has 2 rings (SSSR count). The fraction of sp³-hybridized carbons (Fsp3) is 0.188. The fourth-order valence-electron chi connectivity index (χ4n) is 2.01. The van der Waals surface area contributed by atoms with Crippen LogP contribution in [0.25, 0.3) is 0 Å². The summed E-state index contributed by atoms with van der Waals surface area (Å²) in [7, 11) is 4.46. The summed E-state index contributed by atoms with van der Waals surface area (Å²) >= 11 is 12.0. The molecule has 1 N–H and O–H groups in total. The van der Waals surface area contributed by atoms with Crippen LogP contribution in [-0.2, 0) is 0 Å². The van der Waals surface area contributed by atoms with Crippen molar-refractivity contribution in [2.75, 3.05) is 26.6 Å². The molecule has 2 aromatic rings. The Hall–Kier alpha value is -2.11. The van der Waals surface area contributed by atoms with Crippen LogP contribution in [0.15, 0.2) is 30.3 Å². The molecule has 7 heteroatoms. The third-order valence-electron chi connectivity index (χ3n) is 3.13. The van der Waals surface area contributed by atoms with Crippen LogP contribution in [0.3, 0.4) is 0 Å². The lowest BCUT2D eigenvalue weighted by Gasteiger charge is -2.14. The second kappa shape index (κ2) is 7.44. The van der Waals surface area contributed by atoms with E-state index in [9.17, 15) is 4.79 Å².